The highest BCUT2D eigenvalue weighted by Crippen LogP contribution is 2.13. The second kappa shape index (κ2) is 7.70. The van der Waals surface area contributed by atoms with Crippen LogP contribution in [0.15, 0.2) is 54.6 Å². The van der Waals surface area contributed by atoms with Crippen LogP contribution in [0.3, 0.4) is 0 Å². The van der Waals surface area contributed by atoms with Gasteiger partial charge in [-0.1, -0.05) is 12.1 Å². The van der Waals surface area contributed by atoms with E-state index in [-0.39, 0.29) is 11.6 Å². The highest BCUT2D eigenvalue weighted by atomic mass is 16.6. The Bertz CT molecular complexity index is 803. The molecule has 24 heavy (non-hydrogen) atoms. The van der Waals surface area contributed by atoms with Gasteiger partial charge in [-0.15, -0.1) is 0 Å². The average Bonchev–Trinajstić information content (AvgIpc) is 2.60. The number of nitro benzene ring substituents is 1. The summed E-state index contributed by atoms with van der Waals surface area (Å²) < 4.78 is 0. The molecule has 0 spiro atoms. The maximum atomic E-state index is 12.1. The van der Waals surface area contributed by atoms with Crippen molar-refractivity contribution in [2.24, 2.45) is 0 Å². The van der Waals surface area contributed by atoms with Gasteiger partial charge in [0.25, 0.3) is 5.69 Å². The normalized spacial score (nSPS) is 10.3. The first-order valence-electron chi connectivity index (χ1n) is 7.16. The summed E-state index contributed by atoms with van der Waals surface area (Å²) in [5.41, 5.74) is 2.22. The molecule has 6 nitrogen and oxygen atoms in total. The van der Waals surface area contributed by atoms with Crippen molar-refractivity contribution in [3.8, 4) is 6.07 Å². The lowest BCUT2D eigenvalue weighted by Gasteiger charge is -2.15. The summed E-state index contributed by atoms with van der Waals surface area (Å²) in [6.45, 7) is 0.426. The van der Waals surface area contributed by atoms with Gasteiger partial charge in [0.2, 0.25) is 5.91 Å². The summed E-state index contributed by atoms with van der Waals surface area (Å²) in [6.07, 6.45) is 3.03. The molecular formula is C18H15N3O3. The Morgan fingerprint density at radius 1 is 1.21 bits per heavy atom. The summed E-state index contributed by atoms with van der Waals surface area (Å²) >= 11 is 0. The molecule has 2 aromatic carbocycles. The van der Waals surface area contributed by atoms with Crippen LogP contribution in [0, 0.1) is 21.4 Å². The van der Waals surface area contributed by atoms with Crippen LogP contribution < -0.4 is 0 Å². The first kappa shape index (κ1) is 16.9. The van der Waals surface area contributed by atoms with Gasteiger partial charge in [-0.05, 0) is 41.5 Å². The number of benzene rings is 2. The number of nitrogens with zero attached hydrogens (tertiary/aromatic N) is 3. The zero-order valence-electron chi connectivity index (χ0n) is 13.0. The van der Waals surface area contributed by atoms with Crippen molar-refractivity contribution in [1.29, 1.82) is 5.26 Å². The molecule has 0 aliphatic rings. The number of carbonyl (C=O) groups excluding carboxylic acids is 1. The summed E-state index contributed by atoms with van der Waals surface area (Å²) in [6, 6.07) is 15.0. The van der Waals surface area contributed by atoms with Gasteiger partial charge in [0.15, 0.2) is 0 Å². The van der Waals surface area contributed by atoms with Crippen LogP contribution in [-0.4, -0.2) is 22.8 Å². The largest absolute Gasteiger partial charge is 0.338 e. The number of nitriles is 1. The van der Waals surface area contributed by atoms with Crippen LogP contribution in [0.2, 0.25) is 0 Å². The number of amides is 1. The number of non-ortho nitro benzene ring substituents is 1. The first-order valence-corrected chi connectivity index (χ1v) is 7.16. The molecule has 0 aromatic heterocycles. The Balaban J connectivity index is 1.97. The third-order valence-electron chi connectivity index (χ3n) is 3.40. The topological polar surface area (TPSA) is 87.2 Å². The third-order valence-corrected chi connectivity index (χ3v) is 3.40. The molecule has 0 saturated heterocycles. The van der Waals surface area contributed by atoms with E-state index in [1.165, 1.54) is 18.2 Å². The third kappa shape index (κ3) is 4.52. The Hall–Kier alpha value is -3.46. The number of nitro groups is 1. The van der Waals surface area contributed by atoms with Crippen LogP contribution in [0.4, 0.5) is 5.69 Å². The number of rotatable bonds is 5. The zero-order valence-corrected chi connectivity index (χ0v) is 13.0. The molecule has 0 aliphatic carbocycles. The van der Waals surface area contributed by atoms with Crippen LogP contribution in [-0.2, 0) is 11.3 Å². The van der Waals surface area contributed by atoms with Crippen LogP contribution in [0.25, 0.3) is 6.08 Å². The van der Waals surface area contributed by atoms with Gasteiger partial charge in [0, 0.05) is 31.8 Å². The number of likely N-dealkylation sites (N-methyl/N-ethyl adjacent to an activating group) is 1. The Kier molecular flexibility index (Phi) is 5.42. The molecule has 0 atom stereocenters. The SMILES string of the molecule is CN(Cc1ccc(C#N)cc1)C(=O)/C=C/c1ccc([N+](=O)[O-])cc1. The quantitative estimate of drug-likeness (QED) is 0.481. The molecule has 0 bridgehead atoms. The Labute approximate surface area is 139 Å². The van der Waals surface area contributed by atoms with Gasteiger partial charge in [0.1, 0.15) is 0 Å². The molecular weight excluding hydrogens is 306 g/mol. The summed E-state index contributed by atoms with van der Waals surface area (Å²) in [4.78, 5) is 23.8. The van der Waals surface area contributed by atoms with Crippen molar-refractivity contribution in [2.45, 2.75) is 6.54 Å². The lowest BCUT2D eigenvalue weighted by molar-refractivity contribution is -0.384. The minimum absolute atomic E-state index is 0.0106. The van der Waals surface area contributed by atoms with E-state index in [4.69, 9.17) is 5.26 Å². The lowest BCUT2D eigenvalue weighted by Crippen LogP contribution is -2.24. The summed E-state index contributed by atoms with van der Waals surface area (Å²) in [5.74, 6) is -0.183. The van der Waals surface area contributed by atoms with E-state index >= 15 is 0 Å². The molecule has 1 amide bonds. The molecule has 0 aliphatic heterocycles. The standard InChI is InChI=1S/C18H15N3O3/c1-20(13-16-4-2-15(12-19)3-5-16)18(22)11-8-14-6-9-17(10-7-14)21(23)24/h2-11H,13H2,1H3/b11-8+. The predicted molar refractivity (Wildman–Crippen MR) is 89.8 cm³/mol. The van der Waals surface area contributed by atoms with Crippen molar-refractivity contribution in [2.75, 3.05) is 7.05 Å². The molecule has 0 fully saturated rings. The molecule has 2 rings (SSSR count). The van der Waals surface area contributed by atoms with Crippen LogP contribution in [0.1, 0.15) is 16.7 Å². The highest BCUT2D eigenvalue weighted by Gasteiger charge is 2.06. The number of carbonyl (C=O) groups is 1. The molecule has 0 unspecified atom stereocenters. The molecule has 6 heteroatoms. The van der Waals surface area contributed by atoms with Gasteiger partial charge in [-0.2, -0.15) is 5.26 Å². The van der Waals surface area contributed by atoms with Crippen LogP contribution in [0.5, 0.6) is 0 Å². The fraction of sp³-hybridized carbons (Fsp3) is 0.111. The minimum Gasteiger partial charge on any atom is -0.338 e. The van der Waals surface area contributed by atoms with E-state index in [9.17, 15) is 14.9 Å². The van der Waals surface area contributed by atoms with Crippen molar-refractivity contribution >= 4 is 17.7 Å². The van der Waals surface area contributed by atoms with Gasteiger partial charge in [0.05, 0.1) is 16.6 Å². The first-order chi connectivity index (χ1) is 11.5. The fourth-order valence-corrected chi connectivity index (χ4v) is 2.04. The number of hydrogen-bond donors (Lipinski definition) is 0. The van der Waals surface area contributed by atoms with Gasteiger partial charge in [-0.25, -0.2) is 0 Å². The van der Waals surface area contributed by atoms with Crippen molar-refractivity contribution < 1.29 is 9.72 Å². The van der Waals surface area contributed by atoms with E-state index in [1.54, 1.807) is 42.3 Å². The average molecular weight is 321 g/mol. The smallest absolute Gasteiger partial charge is 0.269 e. The monoisotopic (exact) mass is 321 g/mol. The predicted octanol–water partition coefficient (Wildman–Crippen LogP) is 3.14. The summed E-state index contributed by atoms with van der Waals surface area (Å²) in [5, 5.41) is 19.4. The maximum Gasteiger partial charge on any atom is 0.269 e. The maximum absolute atomic E-state index is 12.1. The molecule has 2 aromatic rings. The minimum atomic E-state index is -0.468. The second-order valence-electron chi connectivity index (χ2n) is 5.19. The Morgan fingerprint density at radius 3 is 2.38 bits per heavy atom. The lowest BCUT2D eigenvalue weighted by atomic mass is 10.1. The van der Waals surface area contributed by atoms with E-state index in [0.717, 1.165) is 5.56 Å². The van der Waals surface area contributed by atoms with Crippen LogP contribution >= 0.6 is 0 Å². The molecule has 120 valence electrons. The summed E-state index contributed by atoms with van der Waals surface area (Å²) in [7, 11) is 1.68. The highest BCUT2D eigenvalue weighted by molar-refractivity contribution is 5.91. The molecule has 0 N–H and O–H groups in total. The Morgan fingerprint density at radius 2 is 1.83 bits per heavy atom. The second-order valence-corrected chi connectivity index (χ2v) is 5.19. The van der Waals surface area contributed by atoms with E-state index in [2.05, 4.69) is 0 Å². The fourth-order valence-electron chi connectivity index (χ4n) is 2.04. The molecule has 0 saturated carbocycles. The zero-order chi connectivity index (χ0) is 17.5. The van der Waals surface area contributed by atoms with Crippen molar-refractivity contribution in [3.63, 3.8) is 0 Å². The van der Waals surface area contributed by atoms with Gasteiger partial charge in [-0.3, -0.25) is 14.9 Å². The number of hydrogen-bond acceptors (Lipinski definition) is 4. The molecule has 0 radical (unpaired) electrons. The van der Waals surface area contributed by atoms with Crippen molar-refractivity contribution in [3.05, 3.63) is 81.4 Å². The van der Waals surface area contributed by atoms with E-state index in [0.29, 0.717) is 17.7 Å². The van der Waals surface area contributed by atoms with Gasteiger partial charge < -0.3 is 4.90 Å². The van der Waals surface area contributed by atoms with Crippen molar-refractivity contribution in [1.82, 2.24) is 4.90 Å². The van der Waals surface area contributed by atoms with Gasteiger partial charge >= 0.3 is 0 Å². The van der Waals surface area contributed by atoms with E-state index < -0.39 is 4.92 Å². The van der Waals surface area contributed by atoms with E-state index in [1.807, 2.05) is 18.2 Å². The molecule has 0 heterocycles.